The molecule has 0 bridgehead atoms. The van der Waals surface area contributed by atoms with Crippen LogP contribution in [-0.4, -0.2) is 31.9 Å². The van der Waals surface area contributed by atoms with Crippen molar-refractivity contribution in [2.75, 3.05) is 12.0 Å². The summed E-state index contributed by atoms with van der Waals surface area (Å²) >= 11 is 1.79. The van der Waals surface area contributed by atoms with Crippen LogP contribution >= 0.6 is 11.8 Å². The second-order valence-corrected chi connectivity index (χ2v) is 3.74. The van der Waals surface area contributed by atoms with Gasteiger partial charge >= 0.3 is 0 Å². The third kappa shape index (κ3) is 2.45. The molecule has 0 aliphatic heterocycles. The van der Waals surface area contributed by atoms with Crippen LogP contribution in [0.2, 0.25) is 0 Å². The van der Waals surface area contributed by atoms with Crippen LogP contribution in [0.1, 0.15) is 25.2 Å². The first-order valence-corrected chi connectivity index (χ1v) is 5.71. The van der Waals surface area contributed by atoms with Crippen molar-refractivity contribution in [3.05, 3.63) is 12.2 Å². The van der Waals surface area contributed by atoms with Gasteiger partial charge in [-0.05, 0) is 12.7 Å². The fourth-order valence-corrected chi connectivity index (χ4v) is 2.05. The number of hydrogen-bond acceptors (Lipinski definition) is 4. The molecule has 1 unspecified atom stereocenters. The van der Waals surface area contributed by atoms with Crippen molar-refractivity contribution >= 4 is 11.8 Å². The van der Waals surface area contributed by atoms with Gasteiger partial charge in [0.1, 0.15) is 12.9 Å². The van der Waals surface area contributed by atoms with Gasteiger partial charge in [-0.3, -0.25) is 0 Å². The van der Waals surface area contributed by atoms with Crippen molar-refractivity contribution in [1.82, 2.24) is 14.8 Å². The zero-order valence-corrected chi connectivity index (χ0v) is 8.79. The molecule has 1 rings (SSSR count). The molecule has 13 heavy (non-hydrogen) atoms. The van der Waals surface area contributed by atoms with E-state index >= 15 is 0 Å². The van der Waals surface area contributed by atoms with Crippen molar-refractivity contribution in [3.63, 3.8) is 0 Å². The van der Waals surface area contributed by atoms with E-state index in [0.717, 1.165) is 12.2 Å². The highest BCUT2D eigenvalue weighted by Gasteiger charge is 2.12. The van der Waals surface area contributed by atoms with Gasteiger partial charge in [0.2, 0.25) is 0 Å². The predicted molar refractivity (Wildman–Crippen MR) is 53.7 cm³/mol. The molecule has 0 aromatic carbocycles. The summed E-state index contributed by atoms with van der Waals surface area (Å²) in [6.45, 7) is 2.09. The molecule has 0 saturated carbocycles. The highest BCUT2D eigenvalue weighted by molar-refractivity contribution is 7.98. The minimum absolute atomic E-state index is 0.0368. The van der Waals surface area contributed by atoms with Crippen LogP contribution in [0.15, 0.2) is 6.33 Å². The molecule has 0 fully saturated rings. The van der Waals surface area contributed by atoms with E-state index < -0.39 is 0 Å². The Hall–Kier alpha value is -0.550. The second kappa shape index (κ2) is 5.24. The highest BCUT2D eigenvalue weighted by Crippen LogP contribution is 2.17. The number of aliphatic hydroxyl groups is 1. The summed E-state index contributed by atoms with van der Waals surface area (Å²) in [5.41, 5.74) is 0. The summed E-state index contributed by atoms with van der Waals surface area (Å²) < 4.78 is 1.95. The van der Waals surface area contributed by atoms with Crippen LogP contribution < -0.4 is 0 Å². The largest absolute Gasteiger partial charge is 0.388 e. The van der Waals surface area contributed by atoms with Gasteiger partial charge in [-0.2, -0.15) is 11.8 Å². The Balaban J connectivity index is 2.77. The number of hydrogen-bond donors (Lipinski definition) is 1. The van der Waals surface area contributed by atoms with Gasteiger partial charge in [-0.1, -0.05) is 6.92 Å². The average molecular weight is 201 g/mol. The fourth-order valence-electron chi connectivity index (χ4n) is 1.27. The highest BCUT2D eigenvalue weighted by atomic mass is 32.2. The van der Waals surface area contributed by atoms with Gasteiger partial charge in [0.15, 0.2) is 5.82 Å². The van der Waals surface area contributed by atoms with Gasteiger partial charge in [0.25, 0.3) is 0 Å². The molecular weight excluding hydrogens is 186 g/mol. The Kier molecular flexibility index (Phi) is 4.24. The van der Waals surface area contributed by atoms with E-state index in [1.807, 2.05) is 4.57 Å². The molecule has 0 saturated heterocycles. The van der Waals surface area contributed by atoms with Gasteiger partial charge in [-0.15, -0.1) is 10.2 Å². The SMILES string of the molecule is CCC(CSC)n1cnnc1CO. The number of aromatic nitrogens is 3. The average Bonchev–Trinajstić information content (AvgIpc) is 2.61. The third-order valence-corrected chi connectivity index (χ3v) is 2.73. The predicted octanol–water partition coefficient (Wildman–Crippen LogP) is 1.08. The van der Waals surface area contributed by atoms with Crippen LogP contribution in [0.3, 0.4) is 0 Å². The van der Waals surface area contributed by atoms with Crippen LogP contribution in [-0.2, 0) is 6.61 Å². The monoisotopic (exact) mass is 201 g/mol. The quantitative estimate of drug-likeness (QED) is 0.774. The summed E-state index contributed by atoms with van der Waals surface area (Å²) in [6.07, 6.45) is 4.80. The molecule has 74 valence electrons. The van der Waals surface area contributed by atoms with E-state index in [9.17, 15) is 0 Å². The number of rotatable bonds is 5. The molecule has 1 aromatic heterocycles. The Morgan fingerprint density at radius 3 is 3.00 bits per heavy atom. The number of aliphatic hydroxyl groups excluding tert-OH is 1. The summed E-state index contributed by atoms with van der Waals surface area (Å²) in [6, 6.07) is 0.396. The Labute approximate surface area is 82.4 Å². The van der Waals surface area contributed by atoms with E-state index in [4.69, 9.17) is 5.11 Å². The lowest BCUT2D eigenvalue weighted by Gasteiger charge is -2.16. The van der Waals surface area contributed by atoms with Gasteiger partial charge < -0.3 is 9.67 Å². The van der Waals surface area contributed by atoms with Gasteiger partial charge in [-0.25, -0.2) is 0 Å². The first-order chi connectivity index (χ1) is 6.33. The smallest absolute Gasteiger partial charge is 0.158 e. The standard InChI is InChI=1S/C8H15N3OS/c1-3-7(5-13-2)11-6-9-10-8(11)4-12/h6-7,12H,3-5H2,1-2H3. The van der Waals surface area contributed by atoms with E-state index in [1.165, 1.54) is 0 Å². The molecule has 0 aliphatic rings. The molecule has 1 N–H and O–H groups in total. The van der Waals surface area contributed by atoms with E-state index in [2.05, 4.69) is 23.4 Å². The van der Waals surface area contributed by atoms with Crippen molar-refractivity contribution in [3.8, 4) is 0 Å². The van der Waals surface area contributed by atoms with E-state index in [0.29, 0.717) is 11.9 Å². The Morgan fingerprint density at radius 1 is 1.69 bits per heavy atom. The normalized spacial score (nSPS) is 13.2. The zero-order valence-electron chi connectivity index (χ0n) is 7.97. The number of thioether (sulfide) groups is 1. The topological polar surface area (TPSA) is 50.9 Å². The summed E-state index contributed by atoms with van der Waals surface area (Å²) in [4.78, 5) is 0. The van der Waals surface area contributed by atoms with Crippen molar-refractivity contribution < 1.29 is 5.11 Å². The minimum Gasteiger partial charge on any atom is -0.388 e. The maximum Gasteiger partial charge on any atom is 0.158 e. The molecule has 1 heterocycles. The maximum absolute atomic E-state index is 8.99. The third-order valence-electron chi connectivity index (χ3n) is 2.01. The lowest BCUT2D eigenvalue weighted by Crippen LogP contribution is -2.13. The summed E-state index contributed by atoms with van der Waals surface area (Å²) in [5.74, 6) is 1.68. The molecule has 0 amide bonds. The minimum atomic E-state index is -0.0368. The van der Waals surface area contributed by atoms with Crippen molar-refractivity contribution in [1.29, 1.82) is 0 Å². The van der Waals surface area contributed by atoms with Crippen LogP contribution in [0.25, 0.3) is 0 Å². The lowest BCUT2D eigenvalue weighted by molar-refractivity contribution is 0.261. The lowest BCUT2D eigenvalue weighted by atomic mass is 10.2. The summed E-state index contributed by atoms with van der Waals surface area (Å²) in [7, 11) is 0. The fraction of sp³-hybridized carbons (Fsp3) is 0.750. The summed E-state index contributed by atoms with van der Waals surface area (Å²) in [5, 5.41) is 16.6. The first-order valence-electron chi connectivity index (χ1n) is 4.31. The van der Waals surface area contributed by atoms with Gasteiger partial charge in [0.05, 0.1) is 0 Å². The maximum atomic E-state index is 8.99. The van der Waals surface area contributed by atoms with Crippen LogP contribution in [0.5, 0.6) is 0 Å². The Bertz CT molecular complexity index is 251. The molecule has 4 nitrogen and oxygen atoms in total. The molecule has 1 aromatic rings. The van der Waals surface area contributed by atoms with Gasteiger partial charge in [0, 0.05) is 11.8 Å². The molecule has 5 heteroatoms. The molecule has 0 spiro atoms. The van der Waals surface area contributed by atoms with E-state index in [1.54, 1.807) is 18.1 Å². The zero-order chi connectivity index (χ0) is 9.68. The van der Waals surface area contributed by atoms with Crippen molar-refractivity contribution in [2.24, 2.45) is 0 Å². The van der Waals surface area contributed by atoms with Crippen molar-refractivity contribution in [2.45, 2.75) is 26.0 Å². The molecule has 0 aliphatic carbocycles. The number of nitrogens with zero attached hydrogens (tertiary/aromatic N) is 3. The second-order valence-electron chi connectivity index (χ2n) is 2.83. The molecular formula is C8H15N3OS. The molecule has 0 radical (unpaired) electrons. The van der Waals surface area contributed by atoms with E-state index in [-0.39, 0.29) is 6.61 Å². The van der Waals surface area contributed by atoms with Crippen LogP contribution in [0.4, 0.5) is 0 Å². The first kappa shape index (κ1) is 10.5. The van der Waals surface area contributed by atoms with Crippen LogP contribution in [0, 0.1) is 0 Å². The molecule has 1 atom stereocenters. The Morgan fingerprint density at radius 2 is 2.46 bits per heavy atom.